The molecule has 2 saturated heterocycles. The number of carbonyl (C=O) groups excluding carboxylic acids is 1. The maximum absolute atomic E-state index is 12.8. The molecule has 0 radical (unpaired) electrons. The Balaban J connectivity index is 1.32. The molecule has 1 aromatic rings. The monoisotopic (exact) mass is 377 g/mol. The first-order valence-electron chi connectivity index (χ1n) is 9.49. The maximum atomic E-state index is 12.8. The Bertz CT molecular complexity index is 787. The van der Waals surface area contributed by atoms with Crippen molar-refractivity contribution >= 4 is 21.4 Å². The summed E-state index contributed by atoms with van der Waals surface area (Å²) < 4.78 is 23.4. The average Bonchev–Trinajstić information content (AvgIpc) is 3.15. The first kappa shape index (κ1) is 17.8. The van der Waals surface area contributed by atoms with Crippen molar-refractivity contribution in [2.24, 2.45) is 0 Å². The molecule has 0 aliphatic carbocycles. The molecule has 6 nitrogen and oxygen atoms in total. The lowest BCUT2D eigenvalue weighted by Gasteiger charge is -2.38. The number of nitrogens with zero attached hydrogens (tertiary/aromatic N) is 3. The van der Waals surface area contributed by atoms with E-state index in [1.54, 1.807) is 0 Å². The molecule has 2 unspecified atom stereocenters. The molecular weight excluding hydrogens is 350 g/mol. The van der Waals surface area contributed by atoms with Crippen molar-refractivity contribution in [3.05, 3.63) is 29.8 Å². The molecule has 3 aliphatic rings. The Labute approximate surface area is 155 Å². The summed E-state index contributed by atoms with van der Waals surface area (Å²) >= 11 is 0. The van der Waals surface area contributed by atoms with Crippen LogP contribution in [0.4, 0.5) is 5.69 Å². The number of anilines is 1. The largest absolute Gasteiger partial charge is 0.361 e. The SMILES string of the molecule is CC1CN(CC(=O)N2CCN(C3CCS(=O)(=O)C3)CC2)c2ccccc21. The molecule has 1 amide bonds. The van der Waals surface area contributed by atoms with Crippen LogP contribution in [0.25, 0.3) is 0 Å². The van der Waals surface area contributed by atoms with Crippen LogP contribution in [-0.4, -0.2) is 80.9 Å². The first-order valence-corrected chi connectivity index (χ1v) is 11.3. The third-order valence-corrected chi connectivity index (χ3v) is 7.77. The summed E-state index contributed by atoms with van der Waals surface area (Å²) in [4.78, 5) is 19.2. The highest BCUT2D eigenvalue weighted by atomic mass is 32.2. The van der Waals surface area contributed by atoms with Crippen molar-refractivity contribution in [1.82, 2.24) is 9.80 Å². The van der Waals surface area contributed by atoms with Crippen LogP contribution in [0.5, 0.6) is 0 Å². The zero-order valence-corrected chi connectivity index (χ0v) is 16.1. The summed E-state index contributed by atoms with van der Waals surface area (Å²) in [6.45, 7) is 6.47. The van der Waals surface area contributed by atoms with E-state index in [1.165, 1.54) is 11.3 Å². The molecule has 26 heavy (non-hydrogen) atoms. The van der Waals surface area contributed by atoms with Crippen LogP contribution in [0.15, 0.2) is 24.3 Å². The summed E-state index contributed by atoms with van der Waals surface area (Å²) in [6, 6.07) is 8.48. The first-order chi connectivity index (χ1) is 12.4. The molecule has 1 aromatic carbocycles. The molecule has 0 aromatic heterocycles. The fraction of sp³-hybridized carbons (Fsp3) is 0.632. The van der Waals surface area contributed by atoms with Gasteiger partial charge in [-0.3, -0.25) is 9.69 Å². The van der Waals surface area contributed by atoms with Gasteiger partial charge < -0.3 is 9.80 Å². The second kappa shape index (κ2) is 6.85. The minimum atomic E-state index is -2.85. The molecule has 0 N–H and O–H groups in total. The molecule has 0 bridgehead atoms. The summed E-state index contributed by atoms with van der Waals surface area (Å²) in [7, 11) is -2.85. The average molecular weight is 378 g/mol. The summed E-state index contributed by atoms with van der Waals surface area (Å²) in [5.41, 5.74) is 2.51. The number of sulfone groups is 1. The molecule has 3 aliphatic heterocycles. The molecule has 3 heterocycles. The summed E-state index contributed by atoms with van der Waals surface area (Å²) in [5.74, 6) is 1.22. The predicted molar refractivity (Wildman–Crippen MR) is 102 cm³/mol. The number of fused-ring (bicyclic) bond motifs is 1. The van der Waals surface area contributed by atoms with Gasteiger partial charge >= 0.3 is 0 Å². The molecule has 2 atom stereocenters. The number of rotatable bonds is 3. The normalized spacial score (nSPS) is 28.3. The van der Waals surface area contributed by atoms with E-state index >= 15 is 0 Å². The molecule has 0 spiro atoms. The number of hydrogen-bond acceptors (Lipinski definition) is 5. The smallest absolute Gasteiger partial charge is 0.242 e. The number of benzene rings is 1. The fourth-order valence-corrected chi connectivity index (χ4v) is 6.29. The van der Waals surface area contributed by atoms with E-state index in [1.807, 2.05) is 11.0 Å². The minimum absolute atomic E-state index is 0.142. The van der Waals surface area contributed by atoms with Gasteiger partial charge in [-0.15, -0.1) is 0 Å². The second-order valence-corrected chi connectivity index (χ2v) is 10.0. The number of carbonyl (C=O) groups is 1. The molecular formula is C19H27N3O3S. The van der Waals surface area contributed by atoms with Crippen LogP contribution in [0.3, 0.4) is 0 Å². The van der Waals surface area contributed by atoms with Crippen molar-refractivity contribution in [2.45, 2.75) is 25.3 Å². The Hall–Kier alpha value is -1.60. The minimum Gasteiger partial charge on any atom is -0.361 e. The number of para-hydroxylation sites is 1. The van der Waals surface area contributed by atoms with E-state index in [-0.39, 0.29) is 17.7 Å². The van der Waals surface area contributed by atoms with Crippen molar-refractivity contribution in [1.29, 1.82) is 0 Å². The van der Waals surface area contributed by atoms with Crippen molar-refractivity contribution < 1.29 is 13.2 Å². The van der Waals surface area contributed by atoms with Crippen LogP contribution < -0.4 is 4.90 Å². The Kier molecular flexibility index (Phi) is 4.69. The topological polar surface area (TPSA) is 60.9 Å². The van der Waals surface area contributed by atoms with Gasteiger partial charge in [-0.1, -0.05) is 25.1 Å². The summed E-state index contributed by atoms with van der Waals surface area (Å²) in [5, 5.41) is 0. The summed E-state index contributed by atoms with van der Waals surface area (Å²) in [6.07, 6.45) is 0.735. The highest BCUT2D eigenvalue weighted by molar-refractivity contribution is 7.91. The third kappa shape index (κ3) is 3.47. The van der Waals surface area contributed by atoms with E-state index < -0.39 is 9.84 Å². The Morgan fingerprint density at radius 2 is 1.88 bits per heavy atom. The van der Waals surface area contributed by atoms with E-state index in [2.05, 4.69) is 34.9 Å². The lowest BCUT2D eigenvalue weighted by atomic mass is 10.0. The number of hydrogen-bond donors (Lipinski definition) is 0. The van der Waals surface area contributed by atoms with Gasteiger partial charge in [0.2, 0.25) is 5.91 Å². The Morgan fingerprint density at radius 3 is 2.58 bits per heavy atom. The standard InChI is InChI=1S/C19H27N3O3S/c1-15-12-22(18-5-3-2-4-17(15)18)13-19(23)21-9-7-20(8-10-21)16-6-11-26(24,25)14-16/h2-5,15-16H,6-14H2,1H3. The highest BCUT2D eigenvalue weighted by Gasteiger charge is 2.35. The van der Waals surface area contributed by atoms with Gasteiger partial charge in [0.25, 0.3) is 0 Å². The highest BCUT2D eigenvalue weighted by Crippen LogP contribution is 2.35. The van der Waals surface area contributed by atoms with E-state index in [0.717, 1.165) is 26.1 Å². The van der Waals surface area contributed by atoms with E-state index in [0.29, 0.717) is 31.3 Å². The van der Waals surface area contributed by atoms with Gasteiger partial charge in [0.1, 0.15) is 0 Å². The lowest BCUT2D eigenvalue weighted by molar-refractivity contribution is -0.131. The quantitative estimate of drug-likeness (QED) is 0.785. The number of piperazine rings is 1. The Morgan fingerprint density at radius 1 is 1.15 bits per heavy atom. The van der Waals surface area contributed by atoms with E-state index in [4.69, 9.17) is 0 Å². The van der Waals surface area contributed by atoms with Crippen LogP contribution in [-0.2, 0) is 14.6 Å². The van der Waals surface area contributed by atoms with Gasteiger partial charge in [0.05, 0.1) is 18.1 Å². The van der Waals surface area contributed by atoms with Crippen molar-refractivity contribution in [3.8, 4) is 0 Å². The lowest BCUT2D eigenvalue weighted by Crippen LogP contribution is -2.54. The van der Waals surface area contributed by atoms with Crippen LogP contribution >= 0.6 is 0 Å². The molecule has 142 valence electrons. The predicted octanol–water partition coefficient (Wildman–Crippen LogP) is 0.941. The van der Waals surface area contributed by atoms with Gasteiger partial charge in [0.15, 0.2) is 9.84 Å². The van der Waals surface area contributed by atoms with Crippen molar-refractivity contribution in [2.75, 3.05) is 55.7 Å². The fourth-order valence-electron chi connectivity index (χ4n) is 4.53. The zero-order valence-electron chi connectivity index (χ0n) is 15.3. The van der Waals surface area contributed by atoms with Crippen molar-refractivity contribution in [3.63, 3.8) is 0 Å². The van der Waals surface area contributed by atoms with E-state index in [9.17, 15) is 13.2 Å². The van der Waals surface area contributed by atoms with Gasteiger partial charge in [-0.2, -0.15) is 0 Å². The second-order valence-electron chi connectivity index (χ2n) is 7.81. The molecule has 0 saturated carbocycles. The van der Waals surface area contributed by atoms with Crippen LogP contribution in [0.2, 0.25) is 0 Å². The van der Waals surface area contributed by atoms with Gasteiger partial charge in [-0.25, -0.2) is 8.42 Å². The molecule has 7 heteroatoms. The van der Waals surface area contributed by atoms with Crippen LogP contribution in [0, 0.1) is 0 Å². The third-order valence-electron chi connectivity index (χ3n) is 6.02. The van der Waals surface area contributed by atoms with Crippen LogP contribution in [0.1, 0.15) is 24.8 Å². The van der Waals surface area contributed by atoms with Gasteiger partial charge in [-0.05, 0) is 18.1 Å². The van der Waals surface area contributed by atoms with Gasteiger partial charge in [0, 0.05) is 50.4 Å². The number of amides is 1. The maximum Gasteiger partial charge on any atom is 0.242 e. The zero-order chi connectivity index (χ0) is 18.3. The molecule has 2 fully saturated rings. The molecule has 4 rings (SSSR count).